The predicted octanol–water partition coefficient (Wildman–Crippen LogP) is 2.94. The highest BCUT2D eigenvalue weighted by atomic mass is 35.5. The van der Waals surface area contributed by atoms with Gasteiger partial charge in [-0.15, -0.1) is 0 Å². The first kappa shape index (κ1) is 24.8. The monoisotopic (exact) mass is 498 g/mol. The third-order valence-electron chi connectivity index (χ3n) is 5.37. The summed E-state index contributed by atoms with van der Waals surface area (Å²) < 4.78 is 27.6. The van der Waals surface area contributed by atoms with Crippen molar-refractivity contribution in [1.82, 2.24) is 15.1 Å². The Bertz CT molecular complexity index is 1010. The molecule has 174 valence electrons. The maximum absolute atomic E-state index is 13.3. The molecule has 0 bridgehead atoms. The van der Waals surface area contributed by atoms with E-state index in [4.69, 9.17) is 23.2 Å². The summed E-state index contributed by atoms with van der Waals surface area (Å²) in [6, 6.07) is 12.5. The number of nitrogens with one attached hydrogen (secondary N) is 1. The number of anilines is 1. The van der Waals surface area contributed by atoms with Crippen molar-refractivity contribution >= 4 is 44.8 Å². The van der Waals surface area contributed by atoms with Crippen LogP contribution in [0.3, 0.4) is 0 Å². The summed E-state index contributed by atoms with van der Waals surface area (Å²) in [5.41, 5.74) is 0.201. The van der Waals surface area contributed by atoms with E-state index in [0.29, 0.717) is 11.6 Å². The van der Waals surface area contributed by atoms with Crippen molar-refractivity contribution < 1.29 is 13.2 Å². The van der Waals surface area contributed by atoms with Crippen LogP contribution < -0.4 is 9.62 Å². The summed E-state index contributed by atoms with van der Waals surface area (Å²) in [4.78, 5) is 17.4. The number of benzene rings is 2. The summed E-state index contributed by atoms with van der Waals surface area (Å²) >= 11 is 12.3. The van der Waals surface area contributed by atoms with Gasteiger partial charge in [0.25, 0.3) is 10.0 Å². The summed E-state index contributed by atoms with van der Waals surface area (Å²) in [5.74, 6) is -0.395. The Morgan fingerprint density at radius 1 is 1.06 bits per heavy atom. The molecule has 0 spiro atoms. The lowest BCUT2D eigenvalue weighted by molar-refractivity contribution is -0.119. The van der Waals surface area contributed by atoms with Crippen LogP contribution in [-0.4, -0.2) is 77.0 Å². The van der Waals surface area contributed by atoms with Crippen LogP contribution in [0.15, 0.2) is 53.4 Å². The van der Waals surface area contributed by atoms with Crippen LogP contribution >= 0.6 is 23.2 Å². The molecule has 1 saturated heterocycles. The molecular formula is C22H28Cl2N4O3S. The smallest absolute Gasteiger partial charge is 0.264 e. The van der Waals surface area contributed by atoms with E-state index in [2.05, 4.69) is 22.2 Å². The lowest BCUT2D eigenvalue weighted by Gasteiger charge is -2.32. The Kier molecular flexibility index (Phi) is 8.79. The van der Waals surface area contributed by atoms with E-state index >= 15 is 0 Å². The van der Waals surface area contributed by atoms with Crippen LogP contribution in [0.1, 0.15) is 6.42 Å². The first-order chi connectivity index (χ1) is 15.3. The quantitative estimate of drug-likeness (QED) is 0.538. The second kappa shape index (κ2) is 11.3. The Hall–Kier alpha value is -1.84. The maximum atomic E-state index is 13.3. The van der Waals surface area contributed by atoms with Crippen LogP contribution in [0.5, 0.6) is 0 Å². The van der Waals surface area contributed by atoms with Crippen LogP contribution in [0.2, 0.25) is 10.0 Å². The average molecular weight is 499 g/mol. The zero-order valence-corrected chi connectivity index (χ0v) is 20.3. The summed E-state index contributed by atoms with van der Waals surface area (Å²) in [7, 11) is -1.89. The van der Waals surface area contributed by atoms with E-state index < -0.39 is 15.9 Å². The first-order valence-electron chi connectivity index (χ1n) is 10.5. The topological polar surface area (TPSA) is 73.0 Å². The molecule has 0 saturated carbocycles. The number of hydrogen-bond acceptors (Lipinski definition) is 5. The number of carbonyl (C=O) groups is 1. The second-order valence-electron chi connectivity index (χ2n) is 7.77. The SMILES string of the molecule is CN1CCN(CCCNC(=O)CN(c2ccc(Cl)cc2Cl)S(=O)(=O)c2ccccc2)CC1. The molecule has 0 aliphatic carbocycles. The van der Waals surface area contributed by atoms with Gasteiger partial charge in [-0.2, -0.15) is 0 Å². The molecule has 1 N–H and O–H groups in total. The molecule has 2 aromatic carbocycles. The van der Waals surface area contributed by atoms with Gasteiger partial charge in [0.2, 0.25) is 5.91 Å². The Morgan fingerprint density at radius 3 is 2.41 bits per heavy atom. The van der Waals surface area contributed by atoms with E-state index in [-0.39, 0.29) is 22.2 Å². The third-order valence-corrected chi connectivity index (χ3v) is 7.68. The average Bonchev–Trinajstić information content (AvgIpc) is 2.77. The largest absolute Gasteiger partial charge is 0.354 e. The minimum Gasteiger partial charge on any atom is -0.354 e. The van der Waals surface area contributed by atoms with E-state index in [1.165, 1.54) is 24.3 Å². The fourth-order valence-electron chi connectivity index (χ4n) is 3.49. The van der Waals surface area contributed by atoms with E-state index in [0.717, 1.165) is 43.4 Å². The standard InChI is InChI=1S/C22H28Cl2N4O3S/c1-26-12-14-27(15-13-26)11-5-10-25-22(29)17-28(21-9-8-18(23)16-20(21)24)32(30,31)19-6-3-2-4-7-19/h2-4,6-9,16H,5,10-15,17H2,1H3,(H,25,29). The van der Waals surface area contributed by atoms with E-state index in [1.807, 2.05) is 0 Å². The number of sulfonamides is 1. The van der Waals surface area contributed by atoms with Crippen molar-refractivity contribution in [3.8, 4) is 0 Å². The van der Waals surface area contributed by atoms with Gasteiger partial charge in [0, 0.05) is 37.7 Å². The molecule has 32 heavy (non-hydrogen) atoms. The van der Waals surface area contributed by atoms with Crippen molar-refractivity contribution in [3.63, 3.8) is 0 Å². The molecule has 2 aromatic rings. The molecule has 0 unspecified atom stereocenters. The van der Waals surface area contributed by atoms with Gasteiger partial charge in [0.15, 0.2) is 0 Å². The molecule has 1 amide bonds. The van der Waals surface area contributed by atoms with Gasteiger partial charge in [-0.05, 0) is 50.3 Å². The fraction of sp³-hybridized carbons (Fsp3) is 0.409. The van der Waals surface area contributed by atoms with Crippen LogP contribution in [0.25, 0.3) is 0 Å². The minimum absolute atomic E-state index is 0.0777. The molecule has 3 rings (SSSR count). The number of nitrogens with zero attached hydrogens (tertiary/aromatic N) is 3. The number of hydrogen-bond donors (Lipinski definition) is 1. The van der Waals surface area contributed by atoms with Gasteiger partial charge in [-0.3, -0.25) is 9.10 Å². The van der Waals surface area contributed by atoms with E-state index in [9.17, 15) is 13.2 Å². The van der Waals surface area contributed by atoms with Gasteiger partial charge >= 0.3 is 0 Å². The number of piperazine rings is 1. The molecular weight excluding hydrogens is 471 g/mol. The Balaban J connectivity index is 1.67. The normalized spacial score (nSPS) is 15.5. The van der Waals surface area contributed by atoms with Gasteiger partial charge in [-0.25, -0.2) is 8.42 Å². The number of likely N-dealkylation sites (N-methyl/N-ethyl adjacent to an activating group) is 1. The summed E-state index contributed by atoms with van der Waals surface area (Å²) in [6.45, 7) is 5.10. The minimum atomic E-state index is -4.01. The molecule has 7 nitrogen and oxygen atoms in total. The van der Waals surface area contributed by atoms with Crippen LogP contribution in [0.4, 0.5) is 5.69 Å². The van der Waals surface area contributed by atoms with Crippen molar-refractivity contribution in [2.75, 3.05) is 57.2 Å². The molecule has 1 fully saturated rings. The molecule has 0 atom stereocenters. The fourth-order valence-corrected chi connectivity index (χ4v) is 5.51. The molecule has 10 heteroatoms. The van der Waals surface area contributed by atoms with Crippen molar-refractivity contribution in [3.05, 3.63) is 58.6 Å². The van der Waals surface area contributed by atoms with E-state index in [1.54, 1.807) is 24.3 Å². The van der Waals surface area contributed by atoms with Crippen LogP contribution in [0, 0.1) is 0 Å². The molecule has 1 heterocycles. The molecule has 0 radical (unpaired) electrons. The highest BCUT2D eigenvalue weighted by Gasteiger charge is 2.28. The van der Waals surface area contributed by atoms with Gasteiger partial charge in [0.05, 0.1) is 15.6 Å². The maximum Gasteiger partial charge on any atom is 0.264 e. The summed E-state index contributed by atoms with van der Waals surface area (Å²) in [6.07, 6.45) is 0.794. The van der Waals surface area contributed by atoms with Gasteiger partial charge in [0.1, 0.15) is 6.54 Å². The molecule has 1 aliphatic rings. The van der Waals surface area contributed by atoms with Crippen molar-refractivity contribution in [1.29, 1.82) is 0 Å². The number of amides is 1. The van der Waals surface area contributed by atoms with Crippen molar-refractivity contribution in [2.24, 2.45) is 0 Å². The third kappa shape index (κ3) is 6.59. The van der Waals surface area contributed by atoms with Crippen LogP contribution in [-0.2, 0) is 14.8 Å². The second-order valence-corrected chi connectivity index (χ2v) is 10.5. The zero-order valence-electron chi connectivity index (χ0n) is 18.0. The molecule has 0 aromatic heterocycles. The highest BCUT2D eigenvalue weighted by Crippen LogP contribution is 2.32. The predicted molar refractivity (Wildman–Crippen MR) is 129 cm³/mol. The first-order valence-corrected chi connectivity index (χ1v) is 12.7. The highest BCUT2D eigenvalue weighted by molar-refractivity contribution is 7.92. The molecule has 1 aliphatic heterocycles. The number of rotatable bonds is 9. The zero-order chi connectivity index (χ0) is 23.1. The lowest BCUT2D eigenvalue weighted by Crippen LogP contribution is -2.45. The Morgan fingerprint density at radius 2 is 1.75 bits per heavy atom. The lowest BCUT2D eigenvalue weighted by atomic mass is 10.3. The van der Waals surface area contributed by atoms with Gasteiger partial charge in [-0.1, -0.05) is 41.4 Å². The number of halogens is 2. The summed E-state index contributed by atoms with van der Waals surface area (Å²) in [5, 5.41) is 3.37. The number of carbonyl (C=O) groups excluding carboxylic acids is 1. The van der Waals surface area contributed by atoms with Crippen molar-refractivity contribution in [2.45, 2.75) is 11.3 Å². The van der Waals surface area contributed by atoms with Gasteiger partial charge < -0.3 is 15.1 Å². The Labute approximate surface area is 199 Å².